The van der Waals surface area contributed by atoms with Gasteiger partial charge >= 0.3 is 0 Å². The van der Waals surface area contributed by atoms with Crippen molar-refractivity contribution >= 4 is 37.5 Å². The molecular formula is C11H15Br2N. The number of nitrogens with one attached hydrogen (secondary N) is 1. The molecule has 0 aliphatic heterocycles. The molecule has 78 valence electrons. The van der Waals surface area contributed by atoms with E-state index < -0.39 is 0 Å². The molecule has 0 saturated carbocycles. The standard InChI is InChI=1S/C11H15Br2N/c1-3-4-8(2)14-11-6-5-9(12)7-10(11)13/h5-8,14H,3-4H2,1-2H3. The maximum absolute atomic E-state index is 3.53. The van der Waals surface area contributed by atoms with E-state index in [2.05, 4.69) is 63.2 Å². The fourth-order valence-electron chi connectivity index (χ4n) is 1.38. The molecule has 3 heteroatoms. The lowest BCUT2D eigenvalue weighted by Gasteiger charge is -2.15. The van der Waals surface area contributed by atoms with Crippen LogP contribution in [0.25, 0.3) is 0 Å². The van der Waals surface area contributed by atoms with Crippen molar-refractivity contribution in [2.45, 2.75) is 32.7 Å². The predicted molar refractivity (Wildman–Crippen MR) is 69.8 cm³/mol. The third kappa shape index (κ3) is 3.62. The second kappa shape index (κ2) is 5.76. The molecule has 1 aromatic rings. The Balaban J connectivity index is 2.67. The molecule has 1 unspecified atom stereocenters. The topological polar surface area (TPSA) is 12.0 Å². The Morgan fingerprint density at radius 2 is 2.07 bits per heavy atom. The largest absolute Gasteiger partial charge is 0.382 e. The van der Waals surface area contributed by atoms with E-state index in [0.29, 0.717) is 6.04 Å². The van der Waals surface area contributed by atoms with Gasteiger partial charge < -0.3 is 5.32 Å². The molecule has 14 heavy (non-hydrogen) atoms. The SMILES string of the molecule is CCCC(C)Nc1ccc(Br)cc1Br. The molecule has 1 atom stereocenters. The number of hydrogen-bond acceptors (Lipinski definition) is 1. The van der Waals surface area contributed by atoms with Crippen molar-refractivity contribution in [1.82, 2.24) is 0 Å². The van der Waals surface area contributed by atoms with Crippen LogP contribution < -0.4 is 5.32 Å². The zero-order valence-corrected chi connectivity index (χ0v) is 11.7. The van der Waals surface area contributed by atoms with Gasteiger partial charge in [0.25, 0.3) is 0 Å². The summed E-state index contributed by atoms with van der Waals surface area (Å²) in [4.78, 5) is 0. The van der Waals surface area contributed by atoms with E-state index in [1.807, 2.05) is 6.07 Å². The van der Waals surface area contributed by atoms with E-state index in [1.165, 1.54) is 12.8 Å². The predicted octanol–water partition coefficient (Wildman–Crippen LogP) is 4.81. The Kier molecular flexibility index (Phi) is 4.96. The Morgan fingerprint density at radius 1 is 1.36 bits per heavy atom. The van der Waals surface area contributed by atoms with Crippen LogP contribution in [0, 0.1) is 0 Å². The van der Waals surface area contributed by atoms with Crippen molar-refractivity contribution in [3.63, 3.8) is 0 Å². The molecule has 1 aromatic carbocycles. The lowest BCUT2D eigenvalue weighted by molar-refractivity contribution is 0.690. The minimum absolute atomic E-state index is 0.525. The first kappa shape index (κ1) is 12.1. The smallest absolute Gasteiger partial charge is 0.0487 e. The second-order valence-corrected chi connectivity index (χ2v) is 5.23. The minimum Gasteiger partial charge on any atom is -0.382 e. The van der Waals surface area contributed by atoms with Gasteiger partial charge in [0, 0.05) is 20.7 Å². The summed E-state index contributed by atoms with van der Waals surface area (Å²) >= 11 is 6.97. The van der Waals surface area contributed by atoms with Crippen molar-refractivity contribution in [3.8, 4) is 0 Å². The van der Waals surface area contributed by atoms with E-state index in [0.717, 1.165) is 14.6 Å². The summed E-state index contributed by atoms with van der Waals surface area (Å²) in [5, 5.41) is 3.47. The Hall–Kier alpha value is -0.0200. The molecule has 0 radical (unpaired) electrons. The van der Waals surface area contributed by atoms with Crippen molar-refractivity contribution in [1.29, 1.82) is 0 Å². The summed E-state index contributed by atoms with van der Waals surface area (Å²) < 4.78 is 2.20. The van der Waals surface area contributed by atoms with Crippen molar-refractivity contribution in [2.75, 3.05) is 5.32 Å². The Labute approximate surface area is 103 Å². The van der Waals surface area contributed by atoms with Gasteiger partial charge in [-0.3, -0.25) is 0 Å². The molecule has 0 bridgehead atoms. The van der Waals surface area contributed by atoms with Crippen LogP contribution in [0.5, 0.6) is 0 Å². The monoisotopic (exact) mass is 319 g/mol. The molecule has 0 saturated heterocycles. The van der Waals surface area contributed by atoms with Crippen LogP contribution >= 0.6 is 31.9 Å². The molecule has 0 aliphatic rings. The van der Waals surface area contributed by atoms with Gasteiger partial charge in [-0.05, 0) is 47.5 Å². The number of benzene rings is 1. The molecule has 0 fully saturated rings. The quantitative estimate of drug-likeness (QED) is 0.839. The summed E-state index contributed by atoms with van der Waals surface area (Å²) in [6, 6.07) is 6.71. The van der Waals surface area contributed by atoms with Gasteiger partial charge in [0.2, 0.25) is 0 Å². The molecule has 0 amide bonds. The number of anilines is 1. The highest BCUT2D eigenvalue weighted by atomic mass is 79.9. The molecule has 1 nitrogen and oxygen atoms in total. The molecule has 1 N–H and O–H groups in total. The first-order valence-electron chi connectivity index (χ1n) is 4.85. The highest BCUT2D eigenvalue weighted by molar-refractivity contribution is 9.11. The van der Waals surface area contributed by atoms with Crippen LogP contribution in [-0.4, -0.2) is 6.04 Å². The van der Waals surface area contributed by atoms with E-state index in [4.69, 9.17) is 0 Å². The van der Waals surface area contributed by atoms with Gasteiger partial charge in [-0.15, -0.1) is 0 Å². The zero-order valence-electron chi connectivity index (χ0n) is 8.48. The van der Waals surface area contributed by atoms with E-state index in [-0.39, 0.29) is 0 Å². The Bertz CT molecular complexity index is 299. The molecule has 0 aliphatic carbocycles. The van der Waals surface area contributed by atoms with Crippen LogP contribution in [-0.2, 0) is 0 Å². The maximum Gasteiger partial charge on any atom is 0.0487 e. The summed E-state index contributed by atoms with van der Waals surface area (Å²) in [7, 11) is 0. The normalized spacial score (nSPS) is 12.6. The molecular weight excluding hydrogens is 306 g/mol. The molecule has 0 heterocycles. The fraction of sp³-hybridized carbons (Fsp3) is 0.455. The zero-order chi connectivity index (χ0) is 10.6. The lowest BCUT2D eigenvalue weighted by atomic mass is 10.2. The van der Waals surface area contributed by atoms with Gasteiger partial charge in [0.15, 0.2) is 0 Å². The fourth-order valence-corrected chi connectivity index (χ4v) is 2.54. The van der Waals surface area contributed by atoms with E-state index in [1.54, 1.807) is 0 Å². The average Bonchev–Trinajstić information content (AvgIpc) is 2.10. The van der Waals surface area contributed by atoms with E-state index in [9.17, 15) is 0 Å². The Morgan fingerprint density at radius 3 is 2.64 bits per heavy atom. The molecule has 0 aromatic heterocycles. The summed E-state index contributed by atoms with van der Waals surface area (Å²) in [5.74, 6) is 0. The van der Waals surface area contributed by atoms with Crippen molar-refractivity contribution < 1.29 is 0 Å². The summed E-state index contributed by atoms with van der Waals surface area (Å²) in [6.07, 6.45) is 2.41. The average molecular weight is 321 g/mol. The maximum atomic E-state index is 3.53. The number of rotatable bonds is 4. The van der Waals surface area contributed by atoms with Crippen LogP contribution in [0.3, 0.4) is 0 Å². The van der Waals surface area contributed by atoms with Crippen LogP contribution in [0.15, 0.2) is 27.1 Å². The van der Waals surface area contributed by atoms with Crippen LogP contribution in [0.1, 0.15) is 26.7 Å². The number of hydrogen-bond donors (Lipinski definition) is 1. The third-order valence-corrected chi connectivity index (χ3v) is 3.20. The van der Waals surface area contributed by atoms with E-state index >= 15 is 0 Å². The second-order valence-electron chi connectivity index (χ2n) is 3.46. The van der Waals surface area contributed by atoms with Gasteiger partial charge in [-0.25, -0.2) is 0 Å². The van der Waals surface area contributed by atoms with Crippen molar-refractivity contribution in [2.24, 2.45) is 0 Å². The third-order valence-electron chi connectivity index (χ3n) is 2.05. The van der Waals surface area contributed by atoms with Crippen molar-refractivity contribution in [3.05, 3.63) is 27.1 Å². The minimum atomic E-state index is 0.525. The van der Waals surface area contributed by atoms with Gasteiger partial charge in [0.1, 0.15) is 0 Å². The highest BCUT2D eigenvalue weighted by Gasteiger charge is 2.04. The lowest BCUT2D eigenvalue weighted by Crippen LogP contribution is -2.14. The van der Waals surface area contributed by atoms with Crippen LogP contribution in [0.4, 0.5) is 5.69 Å². The van der Waals surface area contributed by atoms with Gasteiger partial charge in [-0.2, -0.15) is 0 Å². The first-order valence-corrected chi connectivity index (χ1v) is 6.43. The first-order chi connectivity index (χ1) is 6.63. The number of halogens is 2. The highest BCUT2D eigenvalue weighted by Crippen LogP contribution is 2.26. The molecule has 0 spiro atoms. The van der Waals surface area contributed by atoms with Crippen LogP contribution in [0.2, 0.25) is 0 Å². The van der Waals surface area contributed by atoms with Gasteiger partial charge in [0.05, 0.1) is 0 Å². The molecule has 1 rings (SSSR count). The summed E-state index contributed by atoms with van der Waals surface area (Å²) in [6.45, 7) is 4.41. The van der Waals surface area contributed by atoms with Gasteiger partial charge in [-0.1, -0.05) is 29.3 Å². The summed E-state index contributed by atoms with van der Waals surface area (Å²) in [5.41, 5.74) is 1.16.